The Kier molecular flexibility index (Phi) is 2.59. The predicted octanol–water partition coefficient (Wildman–Crippen LogP) is 0.191. The Bertz CT molecular complexity index is 363. The third kappa shape index (κ3) is 1.94. The molecule has 2 rings (SSSR count). The average molecular weight is 212 g/mol. The summed E-state index contributed by atoms with van der Waals surface area (Å²) >= 11 is 0. The van der Waals surface area contributed by atoms with Crippen LogP contribution >= 0.6 is 0 Å². The lowest BCUT2D eigenvalue weighted by Crippen LogP contribution is -2.21. The molecule has 15 heavy (non-hydrogen) atoms. The van der Waals surface area contributed by atoms with Gasteiger partial charge in [-0.2, -0.15) is 4.98 Å². The van der Waals surface area contributed by atoms with Gasteiger partial charge in [0, 0.05) is 25.6 Å². The zero-order valence-electron chi connectivity index (χ0n) is 8.09. The van der Waals surface area contributed by atoms with E-state index >= 15 is 0 Å². The van der Waals surface area contributed by atoms with Gasteiger partial charge in [-0.1, -0.05) is 0 Å². The van der Waals surface area contributed by atoms with Gasteiger partial charge in [-0.05, 0) is 6.42 Å². The molecule has 0 bridgehead atoms. The van der Waals surface area contributed by atoms with Gasteiger partial charge in [-0.3, -0.25) is 0 Å². The van der Waals surface area contributed by atoms with E-state index < -0.39 is 5.97 Å². The highest BCUT2D eigenvalue weighted by Crippen LogP contribution is 2.22. The van der Waals surface area contributed by atoms with E-state index in [-0.39, 0.29) is 18.2 Å². The third-order valence-corrected chi connectivity index (χ3v) is 2.53. The highest BCUT2D eigenvalue weighted by Gasteiger charge is 2.25. The summed E-state index contributed by atoms with van der Waals surface area (Å²) < 4.78 is 5.06. The van der Waals surface area contributed by atoms with Crippen LogP contribution in [0.2, 0.25) is 0 Å². The summed E-state index contributed by atoms with van der Waals surface area (Å²) in [4.78, 5) is 16.2. The Morgan fingerprint density at radius 2 is 2.53 bits per heavy atom. The molecule has 0 spiro atoms. The molecule has 0 amide bonds. The molecule has 2 N–H and O–H groups in total. The molecule has 1 aliphatic heterocycles. The van der Waals surface area contributed by atoms with Crippen LogP contribution in [0.4, 0.5) is 6.01 Å². The molecule has 1 saturated heterocycles. The predicted molar refractivity (Wildman–Crippen MR) is 50.9 cm³/mol. The van der Waals surface area contributed by atoms with Crippen molar-refractivity contribution >= 4 is 12.0 Å². The minimum Gasteiger partial charge on any atom is -0.476 e. The van der Waals surface area contributed by atoms with Crippen molar-refractivity contribution in [3.63, 3.8) is 0 Å². The first kappa shape index (κ1) is 9.97. The number of hydrogen-bond donors (Lipinski definition) is 2. The van der Waals surface area contributed by atoms with Crippen LogP contribution in [0.5, 0.6) is 0 Å². The van der Waals surface area contributed by atoms with Crippen molar-refractivity contribution in [3.8, 4) is 0 Å². The molecule has 0 saturated carbocycles. The maximum absolute atomic E-state index is 10.6. The number of nitrogens with zero attached hydrogens (tertiary/aromatic N) is 2. The number of oxazole rings is 1. The van der Waals surface area contributed by atoms with E-state index in [9.17, 15) is 4.79 Å². The Hall–Kier alpha value is -1.56. The number of hydrogen-bond acceptors (Lipinski definition) is 5. The molecule has 1 atom stereocenters. The first-order chi connectivity index (χ1) is 7.20. The second kappa shape index (κ2) is 3.90. The van der Waals surface area contributed by atoms with Crippen molar-refractivity contribution in [2.45, 2.75) is 6.42 Å². The van der Waals surface area contributed by atoms with Crippen LogP contribution in [0, 0.1) is 5.92 Å². The minimum atomic E-state index is -1.09. The fourth-order valence-corrected chi connectivity index (χ4v) is 1.66. The van der Waals surface area contributed by atoms with E-state index in [1.807, 2.05) is 4.90 Å². The standard InChI is InChI=1S/C9H12N2O4/c12-4-6-1-2-11(3-6)9-10-7(5-15-9)8(13)14/h5-6,12H,1-4H2,(H,13,14). The second-order valence-electron chi connectivity index (χ2n) is 3.60. The Morgan fingerprint density at radius 3 is 3.07 bits per heavy atom. The van der Waals surface area contributed by atoms with Crippen molar-refractivity contribution in [1.29, 1.82) is 0 Å². The Morgan fingerprint density at radius 1 is 1.73 bits per heavy atom. The average Bonchev–Trinajstić information content (AvgIpc) is 2.86. The van der Waals surface area contributed by atoms with Gasteiger partial charge in [0.15, 0.2) is 5.69 Å². The van der Waals surface area contributed by atoms with E-state index in [1.54, 1.807) is 0 Å². The maximum Gasteiger partial charge on any atom is 0.357 e. The minimum absolute atomic E-state index is 0.0857. The Balaban J connectivity index is 2.07. The van der Waals surface area contributed by atoms with Gasteiger partial charge in [-0.15, -0.1) is 0 Å². The van der Waals surface area contributed by atoms with Gasteiger partial charge in [0.25, 0.3) is 6.01 Å². The molecule has 82 valence electrons. The lowest BCUT2D eigenvalue weighted by atomic mass is 10.1. The fraction of sp³-hybridized carbons (Fsp3) is 0.556. The van der Waals surface area contributed by atoms with E-state index in [0.717, 1.165) is 19.2 Å². The monoisotopic (exact) mass is 212 g/mol. The van der Waals surface area contributed by atoms with E-state index in [0.29, 0.717) is 12.6 Å². The molecular weight excluding hydrogens is 200 g/mol. The molecule has 0 aromatic carbocycles. The van der Waals surface area contributed by atoms with Gasteiger partial charge in [-0.25, -0.2) is 4.79 Å². The number of anilines is 1. The Labute approximate surface area is 86.1 Å². The zero-order valence-corrected chi connectivity index (χ0v) is 8.09. The summed E-state index contributed by atoms with van der Waals surface area (Å²) in [6.45, 7) is 1.55. The number of aromatic carboxylic acids is 1. The molecule has 1 fully saturated rings. The van der Waals surface area contributed by atoms with E-state index in [2.05, 4.69) is 4.98 Å². The van der Waals surface area contributed by atoms with Crippen molar-refractivity contribution in [2.24, 2.45) is 5.92 Å². The van der Waals surface area contributed by atoms with Crippen LogP contribution in [0.1, 0.15) is 16.9 Å². The summed E-state index contributed by atoms with van der Waals surface area (Å²) in [5.74, 6) is -0.868. The SMILES string of the molecule is O=C(O)c1coc(N2CCC(CO)C2)n1. The number of aromatic nitrogens is 1. The van der Waals surface area contributed by atoms with E-state index in [1.165, 1.54) is 0 Å². The summed E-state index contributed by atoms with van der Waals surface area (Å²) in [5.41, 5.74) is -0.0857. The van der Waals surface area contributed by atoms with Gasteiger partial charge in [0.1, 0.15) is 6.26 Å². The zero-order chi connectivity index (χ0) is 10.8. The normalized spacial score (nSPS) is 20.9. The quantitative estimate of drug-likeness (QED) is 0.743. The van der Waals surface area contributed by atoms with Gasteiger partial charge in [0.2, 0.25) is 0 Å². The molecule has 2 heterocycles. The molecule has 1 aromatic rings. The van der Waals surface area contributed by atoms with Gasteiger partial charge in [0.05, 0.1) is 0 Å². The maximum atomic E-state index is 10.6. The number of carboxylic acid groups (broad SMARTS) is 1. The van der Waals surface area contributed by atoms with Crippen LogP contribution in [0.3, 0.4) is 0 Å². The summed E-state index contributed by atoms with van der Waals surface area (Å²) in [6.07, 6.45) is 2.01. The molecule has 6 nitrogen and oxygen atoms in total. The molecule has 0 radical (unpaired) electrons. The second-order valence-corrected chi connectivity index (χ2v) is 3.60. The number of carboxylic acids is 1. The summed E-state index contributed by atoms with van der Waals surface area (Å²) in [5, 5.41) is 17.6. The van der Waals surface area contributed by atoms with E-state index in [4.69, 9.17) is 14.6 Å². The molecule has 0 aliphatic carbocycles. The van der Waals surface area contributed by atoms with Crippen molar-refractivity contribution in [1.82, 2.24) is 4.98 Å². The number of carbonyl (C=O) groups is 1. The first-order valence-electron chi connectivity index (χ1n) is 4.75. The topological polar surface area (TPSA) is 86.8 Å². The largest absolute Gasteiger partial charge is 0.476 e. The summed E-state index contributed by atoms with van der Waals surface area (Å²) in [7, 11) is 0. The fourth-order valence-electron chi connectivity index (χ4n) is 1.66. The van der Waals surface area contributed by atoms with Crippen molar-refractivity contribution in [2.75, 3.05) is 24.6 Å². The van der Waals surface area contributed by atoms with Crippen molar-refractivity contribution < 1.29 is 19.4 Å². The first-order valence-corrected chi connectivity index (χ1v) is 4.75. The number of aliphatic hydroxyl groups is 1. The van der Waals surface area contributed by atoms with Gasteiger partial charge < -0.3 is 19.5 Å². The molecular formula is C9H12N2O4. The van der Waals surface area contributed by atoms with Crippen LogP contribution < -0.4 is 4.90 Å². The molecule has 1 aliphatic rings. The highest BCUT2D eigenvalue weighted by atomic mass is 16.4. The summed E-state index contributed by atoms with van der Waals surface area (Å²) in [6, 6.07) is 0.323. The van der Waals surface area contributed by atoms with Gasteiger partial charge >= 0.3 is 5.97 Å². The third-order valence-electron chi connectivity index (χ3n) is 2.53. The van der Waals surface area contributed by atoms with Crippen molar-refractivity contribution in [3.05, 3.63) is 12.0 Å². The lowest BCUT2D eigenvalue weighted by molar-refractivity contribution is 0.0690. The van der Waals surface area contributed by atoms with Crippen LogP contribution in [0.25, 0.3) is 0 Å². The number of rotatable bonds is 3. The number of aliphatic hydroxyl groups excluding tert-OH is 1. The molecule has 1 aromatic heterocycles. The smallest absolute Gasteiger partial charge is 0.357 e. The lowest BCUT2D eigenvalue weighted by Gasteiger charge is -2.11. The molecule has 1 unspecified atom stereocenters. The van der Waals surface area contributed by atoms with Crippen LogP contribution in [0.15, 0.2) is 10.7 Å². The van der Waals surface area contributed by atoms with Crippen LogP contribution in [-0.4, -0.2) is 40.9 Å². The van der Waals surface area contributed by atoms with Crippen LogP contribution in [-0.2, 0) is 0 Å². The molecule has 6 heteroatoms. The highest BCUT2D eigenvalue weighted by molar-refractivity contribution is 5.85.